The van der Waals surface area contributed by atoms with Gasteiger partial charge in [0.05, 0.1) is 24.2 Å². The van der Waals surface area contributed by atoms with E-state index >= 15 is 4.39 Å². The lowest BCUT2D eigenvalue weighted by Crippen LogP contribution is -2.36. The molecule has 1 aliphatic rings. The Labute approximate surface area is 280 Å². The van der Waals surface area contributed by atoms with Crippen LogP contribution in [0.5, 0.6) is 5.75 Å². The van der Waals surface area contributed by atoms with Crippen LogP contribution in [0.4, 0.5) is 14.9 Å². The topological polar surface area (TPSA) is 140 Å². The number of amides is 2. The highest BCUT2D eigenvalue weighted by Crippen LogP contribution is 2.42. The first kappa shape index (κ1) is 34.2. The molecule has 47 heavy (non-hydrogen) atoms. The number of aromatic nitrogens is 2. The number of rotatable bonds is 11. The fraction of sp³-hybridized carbons (Fsp3) is 0.281. The average molecular weight is 703 g/mol. The van der Waals surface area contributed by atoms with Crippen molar-refractivity contribution >= 4 is 51.2 Å². The van der Waals surface area contributed by atoms with Gasteiger partial charge in [-0.3, -0.25) is 18.9 Å². The molecule has 0 atom stereocenters. The lowest BCUT2D eigenvalue weighted by Gasteiger charge is -2.29. The van der Waals surface area contributed by atoms with Crippen LogP contribution in [0.15, 0.2) is 65.8 Å². The van der Waals surface area contributed by atoms with Crippen molar-refractivity contribution in [3.8, 4) is 16.9 Å². The van der Waals surface area contributed by atoms with Gasteiger partial charge in [0.1, 0.15) is 24.8 Å². The number of benzene rings is 3. The molecular weight excluding hydrogens is 671 g/mol. The van der Waals surface area contributed by atoms with Crippen molar-refractivity contribution in [1.29, 1.82) is 0 Å². The molecule has 5 rings (SSSR count). The highest BCUT2D eigenvalue weighted by atomic mass is 35.5. The number of hydrogen-bond acceptors (Lipinski definition) is 8. The van der Waals surface area contributed by atoms with Crippen molar-refractivity contribution in [1.82, 2.24) is 15.1 Å². The van der Waals surface area contributed by atoms with E-state index in [9.17, 15) is 18.0 Å². The molecule has 0 spiro atoms. The van der Waals surface area contributed by atoms with E-state index in [2.05, 4.69) is 10.4 Å². The first-order valence-corrected chi connectivity index (χ1v) is 17.5. The van der Waals surface area contributed by atoms with Crippen molar-refractivity contribution < 1.29 is 36.4 Å². The molecule has 2 N–H and O–H groups in total. The van der Waals surface area contributed by atoms with Crippen LogP contribution in [0.3, 0.4) is 0 Å². The molecule has 0 aliphatic carbocycles. The quantitative estimate of drug-likeness (QED) is 0.148. The molecule has 0 radical (unpaired) electrons. The van der Waals surface area contributed by atoms with E-state index in [0.717, 1.165) is 39.0 Å². The fourth-order valence-electron chi connectivity index (χ4n) is 4.94. The molecule has 2 heterocycles. The van der Waals surface area contributed by atoms with Crippen LogP contribution in [0.1, 0.15) is 27.0 Å². The second-order valence-electron chi connectivity index (χ2n) is 10.7. The largest absolute Gasteiger partial charge is 0.490 e. The Morgan fingerprint density at radius 2 is 1.94 bits per heavy atom. The Kier molecular flexibility index (Phi) is 10.7. The maximum atomic E-state index is 15.1. The number of aryl methyl sites for hydroxylation is 1. The van der Waals surface area contributed by atoms with E-state index < -0.39 is 33.7 Å². The van der Waals surface area contributed by atoms with Gasteiger partial charge in [-0.2, -0.15) is 13.5 Å². The van der Waals surface area contributed by atoms with Gasteiger partial charge in [-0.1, -0.05) is 35.9 Å². The second-order valence-corrected chi connectivity index (χ2v) is 13.8. The summed E-state index contributed by atoms with van der Waals surface area (Å²) in [4.78, 5) is 27.9. The van der Waals surface area contributed by atoms with Crippen molar-refractivity contribution in [2.24, 2.45) is 0 Å². The van der Waals surface area contributed by atoms with E-state index in [1.165, 1.54) is 10.7 Å². The van der Waals surface area contributed by atoms with Gasteiger partial charge in [0.15, 0.2) is 0 Å². The molecule has 0 saturated heterocycles. The van der Waals surface area contributed by atoms with E-state index in [1.54, 1.807) is 29.1 Å². The van der Waals surface area contributed by atoms with E-state index in [0.29, 0.717) is 18.0 Å². The summed E-state index contributed by atoms with van der Waals surface area (Å²) in [7, 11) is -4.26. The zero-order valence-corrected chi connectivity index (χ0v) is 27.9. The summed E-state index contributed by atoms with van der Waals surface area (Å²) >= 11 is 7.94. The predicted molar refractivity (Wildman–Crippen MR) is 178 cm³/mol. The molecule has 1 aliphatic heterocycles. The molecule has 4 aromatic rings. The van der Waals surface area contributed by atoms with Gasteiger partial charge in [-0.25, -0.2) is 9.18 Å². The smallest absolute Gasteiger partial charge is 0.414 e. The van der Waals surface area contributed by atoms with Crippen molar-refractivity contribution in [3.05, 3.63) is 94.0 Å². The highest BCUT2D eigenvalue weighted by molar-refractivity contribution is 7.99. The number of carbonyl (C=O) groups excluding carboxylic acids is 2. The minimum absolute atomic E-state index is 0.0109. The molecule has 248 valence electrons. The van der Waals surface area contributed by atoms with Crippen LogP contribution >= 0.6 is 23.4 Å². The number of thioether (sulfide) groups is 1. The zero-order valence-electron chi connectivity index (χ0n) is 25.5. The third-order valence-corrected chi connectivity index (χ3v) is 9.66. The van der Waals surface area contributed by atoms with Crippen molar-refractivity contribution in [2.45, 2.75) is 25.3 Å². The lowest BCUT2D eigenvalue weighted by atomic mass is 10.1. The summed E-state index contributed by atoms with van der Waals surface area (Å²) in [6.45, 7) is 4.41. The molecule has 2 amide bonds. The van der Waals surface area contributed by atoms with Crippen LogP contribution in [-0.4, -0.2) is 72.6 Å². The number of ether oxygens (including phenoxy) is 2. The molecule has 0 fully saturated rings. The monoisotopic (exact) mass is 702 g/mol. The standard InChI is InChI=1S/C32H32ClFN4O7S2/c1-20-5-3-8-29(21(20)2)44-11-12-45-32(40)38-10-13-46-30-24(6-4-7-28(30)38)23-17-36-37(18-23)19-25-26(33)15-22(16-27(25)34)31(39)35-9-14-47(41,42)43/h3-8,15-18H,9-14,19H2,1-2H3,(H,35,39)(H,41,42,43). The second kappa shape index (κ2) is 14.8. The molecule has 0 bridgehead atoms. The summed E-state index contributed by atoms with van der Waals surface area (Å²) in [5.41, 5.74) is 4.48. The van der Waals surface area contributed by atoms with Gasteiger partial charge in [0, 0.05) is 57.2 Å². The minimum Gasteiger partial charge on any atom is -0.490 e. The molecule has 0 unspecified atom stereocenters. The number of hydrogen-bond donors (Lipinski definition) is 2. The van der Waals surface area contributed by atoms with Crippen LogP contribution in [0.25, 0.3) is 11.1 Å². The first-order chi connectivity index (χ1) is 22.4. The lowest BCUT2D eigenvalue weighted by molar-refractivity contribution is 0.0955. The fourth-order valence-corrected chi connectivity index (χ4v) is 6.71. The van der Waals surface area contributed by atoms with Crippen LogP contribution in [0, 0.1) is 19.7 Å². The Morgan fingerprint density at radius 1 is 1.15 bits per heavy atom. The third-order valence-electron chi connectivity index (χ3n) is 7.50. The van der Waals surface area contributed by atoms with Gasteiger partial charge >= 0.3 is 6.09 Å². The number of nitrogens with zero attached hydrogens (tertiary/aromatic N) is 3. The molecule has 3 aromatic carbocycles. The third kappa shape index (κ3) is 8.44. The Bertz CT molecular complexity index is 1900. The van der Waals surface area contributed by atoms with Crippen LogP contribution in [0.2, 0.25) is 5.02 Å². The Balaban J connectivity index is 1.24. The number of halogens is 2. The summed E-state index contributed by atoms with van der Waals surface area (Å²) < 4.78 is 58.5. The van der Waals surface area contributed by atoms with Crippen LogP contribution in [-0.2, 0) is 21.4 Å². The molecule has 15 heteroatoms. The number of nitrogens with one attached hydrogen (secondary N) is 1. The summed E-state index contributed by atoms with van der Waals surface area (Å²) in [6.07, 6.45) is 2.91. The van der Waals surface area contributed by atoms with E-state index in [1.807, 2.05) is 50.2 Å². The van der Waals surface area contributed by atoms with E-state index in [-0.39, 0.29) is 42.5 Å². The van der Waals surface area contributed by atoms with Crippen molar-refractivity contribution in [3.63, 3.8) is 0 Å². The van der Waals surface area contributed by atoms with Gasteiger partial charge in [-0.05, 0) is 49.2 Å². The number of carbonyl (C=O) groups is 2. The van der Waals surface area contributed by atoms with Gasteiger partial charge in [0.25, 0.3) is 16.0 Å². The van der Waals surface area contributed by atoms with Gasteiger partial charge in [-0.15, -0.1) is 11.8 Å². The predicted octanol–water partition coefficient (Wildman–Crippen LogP) is 5.75. The highest BCUT2D eigenvalue weighted by Gasteiger charge is 2.27. The minimum atomic E-state index is -4.26. The molecule has 11 nitrogen and oxygen atoms in total. The summed E-state index contributed by atoms with van der Waals surface area (Å²) in [5.74, 6) is -0.743. The normalized spacial score (nSPS) is 12.8. The maximum absolute atomic E-state index is 15.1. The molecular formula is C32H32ClFN4O7S2. The van der Waals surface area contributed by atoms with E-state index in [4.69, 9.17) is 25.6 Å². The Hall–Kier alpha value is -4.11. The Morgan fingerprint density at radius 3 is 2.70 bits per heavy atom. The first-order valence-electron chi connectivity index (χ1n) is 14.5. The average Bonchev–Trinajstić information content (AvgIpc) is 3.50. The van der Waals surface area contributed by atoms with Crippen LogP contribution < -0.4 is 15.0 Å². The maximum Gasteiger partial charge on any atom is 0.414 e. The number of anilines is 1. The SMILES string of the molecule is Cc1cccc(OCCOC(=O)N2CCSc3c(-c4cnn(Cc5c(F)cc(C(=O)NCCS(=O)(=O)O)cc5Cl)c4)cccc32)c1C. The van der Waals surface area contributed by atoms with Gasteiger partial charge in [0.2, 0.25) is 0 Å². The summed E-state index contributed by atoms with van der Waals surface area (Å²) in [6, 6.07) is 13.7. The molecule has 1 aromatic heterocycles. The van der Waals surface area contributed by atoms with Crippen molar-refractivity contribution in [2.75, 3.05) is 42.7 Å². The number of fused-ring (bicyclic) bond motifs is 1. The zero-order chi connectivity index (χ0) is 33.7. The molecule has 0 saturated carbocycles. The summed E-state index contributed by atoms with van der Waals surface area (Å²) in [5, 5.41) is 6.67. The van der Waals surface area contributed by atoms with Gasteiger partial charge < -0.3 is 14.8 Å².